The maximum atomic E-state index is 8.69. The van der Waals surface area contributed by atoms with Gasteiger partial charge in [0.2, 0.25) is 0 Å². The van der Waals surface area contributed by atoms with E-state index in [0.717, 1.165) is 11.3 Å². The number of rotatable bonds is 3. The topological polar surface area (TPSA) is 45.2 Å². The highest BCUT2D eigenvalue weighted by Gasteiger charge is 1.99. The van der Waals surface area contributed by atoms with Gasteiger partial charge in [-0.1, -0.05) is 12.1 Å². The van der Waals surface area contributed by atoms with Crippen LogP contribution in [0.3, 0.4) is 0 Å². The zero-order valence-electron chi connectivity index (χ0n) is 8.70. The lowest BCUT2D eigenvalue weighted by Gasteiger charge is -2.06. The smallest absolute Gasteiger partial charge is 0.126 e. The largest absolute Gasteiger partial charge is 0.395 e. The quantitative estimate of drug-likeness (QED) is 0.799. The molecule has 78 valence electrons. The van der Waals surface area contributed by atoms with Gasteiger partial charge in [0, 0.05) is 11.9 Å². The molecule has 3 nitrogen and oxygen atoms in total. The van der Waals surface area contributed by atoms with E-state index < -0.39 is 0 Å². The molecule has 0 atom stereocenters. The van der Waals surface area contributed by atoms with Crippen molar-refractivity contribution in [3.8, 4) is 0 Å². The third-order valence-corrected chi connectivity index (χ3v) is 2.37. The molecule has 0 spiro atoms. The van der Waals surface area contributed by atoms with Crippen molar-refractivity contribution < 1.29 is 5.11 Å². The summed E-state index contributed by atoms with van der Waals surface area (Å²) in [6.45, 7) is 2.72. The third-order valence-electron chi connectivity index (χ3n) is 2.37. The van der Waals surface area contributed by atoms with Gasteiger partial charge in [-0.15, -0.1) is 0 Å². The molecule has 1 aromatic heterocycles. The first-order valence-corrected chi connectivity index (χ1v) is 5.02. The third kappa shape index (κ3) is 2.07. The summed E-state index contributed by atoms with van der Waals surface area (Å²) in [6.07, 6.45) is 0. The number of hydrogen-bond donors (Lipinski definition) is 2. The molecule has 0 aliphatic carbocycles. The Labute approximate surface area is 88.8 Å². The van der Waals surface area contributed by atoms with Gasteiger partial charge < -0.3 is 10.4 Å². The Morgan fingerprint density at radius 1 is 1.27 bits per heavy atom. The van der Waals surface area contributed by atoms with Crippen LogP contribution in [0.25, 0.3) is 10.9 Å². The predicted molar refractivity (Wildman–Crippen MR) is 62.1 cm³/mol. The van der Waals surface area contributed by atoms with Gasteiger partial charge >= 0.3 is 0 Å². The summed E-state index contributed by atoms with van der Waals surface area (Å²) in [5.74, 6) is 0.808. The van der Waals surface area contributed by atoms with Gasteiger partial charge in [-0.3, -0.25) is 0 Å². The van der Waals surface area contributed by atoms with E-state index in [0.29, 0.717) is 6.54 Å². The number of nitrogens with zero attached hydrogens (tertiary/aromatic N) is 1. The fourth-order valence-electron chi connectivity index (χ4n) is 1.59. The summed E-state index contributed by atoms with van der Waals surface area (Å²) < 4.78 is 0. The number of fused-ring (bicyclic) bond motifs is 1. The van der Waals surface area contributed by atoms with Gasteiger partial charge in [0.1, 0.15) is 5.82 Å². The van der Waals surface area contributed by atoms with Gasteiger partial charge in [0.25, 0.3) is 0 Å². The van der Waals surface area contributed by atoms with Crippen molar-refractivity contribution in [3.05, 3.63) is 35.9 Å². The summed E-state index contributed by atoms with van der Waals surface area (Å²) >= 11 is 0. The second-order valence-electron chi connectivity index (χ2n) is 3.49. The van der Waals surface area contributed by atoms with Crippen LogP contribution in [0.1, 0.15) is 5.56 Å². The van der Waals surface area contributed by atoms with Crippen molar-refractivity contribution in [2.75, 3.05) is 18.5 Å². The standard InChI is InChI=1S/C12H14N2O/c1-9-3-2-4-11-10(9)5-6-12(14-11)13-7-8-15/h2-6,15H,7-8H2,1H3,(H,13,14). The lowest BCUT2D eigenvalue weighted by molar-refractivity contribution is 0.311. The van der Waals surface area contributed by atoms with Crippen LogP contribution >= 0.6 is 0 Å². The van der Waals surface area contributed by atoms with Crippen molar-refractivity contribution in [2.45, 2.75) is 6.92 Å². The molecular formula is C12H14N2O. The van der Waals surface area contributed by atoms with Crippen LogP contribution in [0.5, 0.6) is 0 Å². The summed E-state index contributed by atoms with van der Waals surface area (Å²) in [5, 5.41) is 12.9. The van der Waals surface area contributed by atoms with Crippen LogP contribution in [-0.2, 0) is 0 Å². The molecule has 0 unspecified atom stereocenters. The van der Waals surface area contributed by atoms with Crippen LogP contribution < -0.4 is 5.32 Å². The number of aliphatic hydroxyl groups is 1. The maximum Gasteiger partial charge on any atom is 0.126 e. The van der Waals surface area contributed by atoms with E-state index in [4.69, 9.17) is 5.11 Å². The Morgan fingerprint density at radius 2 is 2.13 bits per heavy atom. The number of aromatic nitrogens is 1. The fourth-order valence-corrected chi connectivity index (χ4v) is 1.59. The van der Waals surface area contributed by atoms with Gasteiger partial charge in [0.15, 0.2) is 0 Å². The monoisotopic (exact) mass is 202 g/mol. The van der Waals surface area contributed by atoms with E-state index >= 15 is 0 Å². The Balaban J connectivity index is 2.39. The number of aliphatic hydroxyl groups excluding tert-OH is 1. The van der Waals surface area contributed by atoms with Crippen molar-refractivity contribution in [3.63, 3.8) is 0 Å². The summed E-state index contributed by atoms with van der Waals surface area (Å²) in [4.78, 5) is 4.45. The molecule has 2 N–H and O–H groups in total. The number of benzene rings is 1. The molecule has 0 saturated heterocycles. The first-order chi connectivity index (χ1) is 7.31. The van der Waals surface area contributed by atoms with Crippen LogP contribution in [0.2, 0.25) is 0 Å². The van der Waals surface area contributed by atoms with Crippen molar-refractivity contribution in [1.29, 1.82) is 0 Å². The molecule has 1 aromatic carbocycles. The van der Waals surface area contributed by atoms with Crippen LogP contribution in [-0.4, -0.2) is 23.2 Å². The molecule has 0 aliphatic heterocycles. The lowest BCUT2D eigenvalue weighted by atomic mass is 10.1. The van der Waals surface area contributed by atoms with Crippen LogP contribution in [0.4, 0.5) is 5.82 Å². The van der Waals surface area contributed by atoms with Crippen LogP contribution in [0, 0.1) is 6.92 Å². The van der Waals surface area contributed by atoms with Gasteiger partial charge in [-0.05, 0) is 30.7 Å². The SMILES string of the molecule is Cc1cccc2nc(NCCO)ccc12. The minimum absolute atomic E-state index is 0.119. The first kappa shape index (κ1) is 9.93. The summed E-state index contributed by atoms with van der Waals surface area (Å²) in [7, 11) is 0. The van der Waals surface area contributed by atoms with Gasteiger partial charge in [-0.2, -0.15) is 0 Å². The first-order valence-electron chi connectivity index (χ1n) is 5.02. The Morgan fingerprint density at radius 3 is 2.93 bits per heavy atom. The Hall–Kier alpha value is -1.61. The highest BCUT2D eigenvalue weighted by Crippen LogP contribution is 2.18. The molecule has 1 heterocycles. The minimum atomic E-state index is 0.119. The molecular weight excluding hydrogens is 188 g/mol. The van der Waals surface area contributed by atoms with Crippen molar-refractivity contribution >= 4 is 16.7 Å². The van der Waals surface area contributed by atoms with Gasteiger partial charge in [0.05, 0.1) is 12.1 Å². The van der Waals surface area contributed by atoms with E-state index in [2.05, 4.69) is 29.4 Å². The number of nitrogens with one attached hydrogen (secondary N) is 1. The second kappa shape index (κ2) is 4.28. The van der Waals surface area contributed by atoms with Crippen LogP contribution in [0.15, 0.2) is 30.3 Å². The van der Waals surface area contributed by atoms with E-state index in [-0.39, 0.29) is 6.61 Å². The molecule has 0 fully saturated rings. The zero-order chi connectivity index (χ0) is 10.7. The molecule has 2 aromatic rings. The molecule has 15 heavy (non-hydrogen) atoms. The molecule has 2 rings (SSSR count). The highest BCUT2D eigenvalue weighted by molar-refractivity contribution is 5.83. The molecule has 0 amide bonds. The normalized spacial score (nSPS) is 10.5. The molecule has 0 radical (unpaired) electrons. The highest BCUT2D eigenvalue weighted by atomic mass is 16.3. The molecule has 0 aliphatic rings. The average Bonchev–Trinajstić information content (AvgIpc) is 2.26. The minimum Gasteiger partial charge on any atom is -0.395 e. The number of pyridine rings is 1. The summed E-state index contributed by atoms with van der Waals surface area (Å²) in [6, 6.07) is 10.1. The van der Waals surface area contributed by atoms with E-state index in [1.807, 2.05) is 18.2 Å². The van der Waals surface area contributed by atoms with E-state index in [1.54, 1.807) is 0 Å². The second-order valence-corrected chi connectivity index (χ2v) is 3.49. The Kier molecular flexibility index (Phi) is 2.83. The fraction of sp³-hybridized carbons (Fsp3) is 0.250. The van der Waals surface area contributed by atoms with E-state index in [1.165, 1.54) is 10.9 Å². The van der Waals surface area contributed by atoms with Gasteiger partial charge in [-0.25, -0.2) is 4.98 Å². The zero-order valence-corrected chi connectivity index (χ0v) is 8.70. The predicted octanol–water partition coefficient (Wildman–Crippen LogP) is 1.95. The molecule has 0 saturated carbocycles. The molecule has 3 heteroatoms. The number of hydrogen-bond acceptors (Lipinski definition) is 3. The average molecular weight is 202 g/mol. The number of anilines is 1. The van der Waals surface area contributed by atoms with Crippen molar-refractivity contribution in [2.24, 2.45) is 0 Å². The maximum absolute atomic E-state index is 8.69. The van der Waals surface area contributed by atoms with Crippen molar-refractivity contribution in [1.82, 2.24) is 4.98 Å². The lowest BCUT2D eigenvalue weighted by Crippen LogP contribution is -2.06. The molecule has 0 bridgehead atoms. The number of aryl methyl sites for hydroxylation is 1. The Bertz CT molecular complexity index is 468. The van der Waals surface area contributed by atoms with E-state index in [9.17, 15) is 0 Å². The summed E-state index contributed by atoms with van der Waals surface area (Å²) in [5.41, 5.74) is 2.21.